The van der Waals surface area contributed by atoms with Crippen molar-refractivity contribution in [3.63, 3.8) is 0 Å². The number of aliphatic hydroxyl groups is 16. The van der Waals surface area contributed by atoms with Gasteiger partial charge in [0.05, 0.1) is 100 Å². The lowest BCUT2D eigenvalue weighted by atomic mass is 9.95. The van der Waals surface area contributed by atoms with Gasteiger partial charge < -0.3 is 198 Å². The number of carbonyl (C=O) groups is 8. The van der Waals surface area contributed by atoms with Gasteiger partial charge in [0.15, 0.2) is 50.3 Å². The highest BCUT2D eigenvalue weighted by Crippen LogP contribution is 2.43. The molecule has 0 spiro atoms. The molecule has 736 valence electrons. The summed E-state index contributed by atoms with van der Waals surface area (Å²) < 4.78 is 100. The van der Waals surface area contributed by atoms with E-state index in [1.807, 2.05) is 0 Å². The molecule has 30 saturated heterocycles. The minimum Gasteiger partial charge on any atom is -0.481 e. The first-order valence-corrected chi connectivity index (χ1v) is 49.7. The average molecular weight is 2000 g/mol. The Morgan fingerprint density at radius 2 is 0.250 bits per heavy atom. The maximum atomic E-state index is 12.3. The van der Waals surface area contributed by atoms with E-state index in [0.717, 1.165) is 94.1 Å². The minimum absolute atomic E-state index is 0.159. The zero-order valence-electron chi connectivity index (χ0n) is 67.9. The first kappa shape index (κ1) is 109. The standard InChI is InChI=1S/C72H112O48S8/c73-33(74)1-9-121-17-25-57-41(89)49(97)65(105-25)114-58-26(18-122-10-2-34(75)76)107-67(51(99)43(58)91)116-60-28(20-124-12-4-36(79)80)109-69(53(101)45(60)93)118-62-30(22-126-14-6-38(83)84)111-71(55(103)47(62)95)120-64-32(24-128-16-8-40(87)88)112-72(56(104)48(64)96)119-63-31(23-127-15-7-39(85)86)110-70(54(102)46(63)94)117-61-29(21-125-13-5-37(81)82)108-68(52(100)44(61)92)115-59-27(19-123-11-3-35(77)78)106-66(113-57)50(98)42(59)90/h25-32,41-72,89-104H,1-24H2,(H,73,74)(H,75,76)(H,77,78)(H,79,80)(H,81,82)(H,83,84)(H,85,86)(H,87,88)/t25-,26-,27-,28-,29-,30-,31-,32-,41-,42-,43-,44?,45?,46-,47-,48-,49-,50-,51-,52-,53-,54-,55-,56-,57-,58-,59-,60-,61-,62-,63-,64-,65-,66-,67-,68-,69-,70-,71?,72-/m1/s1. The van der Waals surface area contributed by atoms with Crippen LogP contribution in [0.2, 0.25) is 0 Å². The molecule has 30 rings (SSSR count). The van der Waals surface area contributed by atoms with Crippen LogP contribution in [0.25, 0.3) is 0 Å². The Labute approximate surface area is 763 Å². The third-order valence-corrected chi connectivity index (χ3v) is 29.9. The van der Waals surface area contributed by atoms with Crippen LogP contribution in [0, 0.1) is 0 Å². The molecule has 40 atom stereocenters. The van der Waals surface area contributed by atoms with E-state index in [1.54, 1.807) is 0 Å². The molecular formula is C72H112O48S8. The van der Waals surface area contributed by atoms with Crippen molar-refractivity contribution in [1.82, 2.24) is 0 Å². The van der Waals surface area contributed by atoms with Gasteiger partial charge in [0.2, 0.25) is 0 Å². The fourth-order valence-electron chi connectivity index (χ4n) is 14.7. The van der Waals surface area contributed by atoms with E-state index in [-0.39, 0.29) is 92.0 Å². The topological polar surface area (TPSA) is 770 Å². The molecule has 0 saturated carbocycles. The predicted octanol–water partition coefficient (Wildman–Crippen LogP) is -7.68. The van der Waals surface area contributed by atoms with Crippen molar-refractivity contribution in [3.05, 3.63) is 0 Å². The summed E-state index contributed by atoms with van der Waals surface area (Å²) in [6.07, 6.45) is -85.9. The van der Waals surface area contributed by atoms with Gasteiger partial charge in [-0.2, -0.15) is 94.1 Å². The fourth-order valence-corrected chi connectivity index (χ4v) is 22.6. The number of carboxylic acid groups (broad SMARTS) is 8. The molecule has 0 amide bonds. The van der Waals surface area contributed by atoms with Crippen molar-refractivity contribution in [2.75, 3.05) is 92.0 Å². The van der Waals surface area contributed by atoms with E-state index in [4.69, 9.17) is 75.8 Å². The lowest BCUT2D eigenvalue weighted by Crippen LogP contribution is -2.69. The molecule has 0 aromatic rings. The number of aliphatic hydroxyl groups excluding tert-OH is 16. The molecule has 128 heavy (non-hydrogen) atoms. The Morgan fingerprint density at radius 1 is 0.156 bits per heavy atom. The van der Waals surface area contributed by atoms with Gasteiger partial charge >= 0.3 is 47.8 Å². The zero-order chi connectivity index (χ0) is 93.7. The van der Waals surface area contributed by atoms with E-state index in [1.165, 1.54) is 0 Å². The first-order valence-electron chi connectivity index (χ1n) is 40.5. The van der Waals surface area contributed by atoms with E-state index in [0.29, 0.717) is 0 Å². The number of aliphatic carboxylic acids is 8. The molecular weight excluding hydrogens is 1890 g/mol. The van der Waals surface area contributed by atoms with Crippen molar-refractivity contribution in [2.24, 2.45) is 0 Å². The van der Waals surface area contributed by atoms with Gasteiger partial charge in [-0.1, -0.05) is 0 Å². The molecule has 16 bridgehead atoms. The van der Waals surface area contributed by atoms with Crippen LogP contribution in [0.5, 0.6) is 0 Å². The fraction of sp³-hybridized carbons (Fsp3) is 0.889. The Balaban J connectivity index is 1.12. The molecule has 24 N–H and O–H groups in total. The predicted molar refractivity (Wildman–Crippen MR) is 441 cm³/mol. The van der Waals surface area contributed by atoms with Crippen molar-refractivity contribution in [3.8, 4) is 0 Å². The van der Waals surface area contributed by atoms with Crippen LogP contribution in [0.1, 0.15) is 51.4 Å². The Kier molecular flexibility index (Phi) is 44.9. The van der Waals surface area contributed by atoms with Crippen molar-refractivity contribution in [1.29, 1.82) is 0 Å². The number of hydrogen-bond donors (Lipinski definition) is 24. The largest absolute Gasteiger partial charge is 0.481 e. The zero-order valence-corrected chi connectivity index (χ0v) is 74.4. The maximum absolute atomic E-state index is 12.3. The molecule has 30 heterocycles. The third kappa shape index (κ3) is 30.6. The van der Waals surface area contributed by atoms with E-state index >= 15 is 0 Å². The van der Waals surface area contributed by atoms with Crippen LogP contribution in [-0.2, 0) is 114 Å². The molecule has 56 heteroatoms. The van der Waals surface area contributed by atoms with Gasteiger partial charge in [-0.3, -0.25) is 38.4 Å². The SMILES string of the molecule is O=C(O)CCSC[C@H]1O[C@@H]2O[C@H]3[C@H](O)[C@@H](O)[C@H](O[C@@H]3CSCCC(=O)O)O[C@H]3C(O)[C@@H](O)[C@@H](O[C@H]4[C@H](O)[C@@H](O)[C@@H](O[C@H]5[C@H](O)[C@@H](O)[C@@H](O[C@H]6[C@H](O)[C@@H](O)[C@H](O[C@@H]6CSCCC(=O)O)O[C@H]6C(O)[C@@H](O)[C@@H](O[C@H]7[C@H](O)[C@@H](O)C(O[C@H]1[C@H](O)[C@H]2O)O[C@@H]7CSCCC(=O)O)O[C@@H]6CSCCC(=O)O)O[C@@H]5CSCCC(=O)O)O[C@@H]4CSCCC(=O)O)O[C@@H]3CSCCC(=O)O. The second-order valence-electron chi connectivity index (χ2n) is 30.7. The van der Waals surface area contributed by atoms with Crippen LogP contribution in [0.4, 0.5) is 0 Å². The maximum Gasteiger partial charge on any atom is 0.304 e. The molecule has 0 aliphatic carbocycles. The smallest absolute Gasteiger partial charge is 0.304 e. The highest BCUT2D eigenvalue weighted by molar-refractivity contribution is 8.00. The molecule has 48 nitrogen and oxygen atoms in total. The third-order valence-electron chi connectivity index (χ3n) is 21.4. The van der Waals surface area contributed by atoms with Crippen LogP contribution < -0.4 is 0 Å². The normalized spacial score (nSPS) is 41.5. The molecule has 3 unspecified atom stereocenters. The lowest BCUT2D eigenvalue weighted by Gasteiger charge is -2.51. The first-order chi connectivity index (χ1) is 60.7. The van der Waals surface area contributed by atoms with Gasteiger partial charge in [-0.25, -0.2) is 0 Å². The van der Waals surface area contributed by atoms with Crippen molar-refractivity contribution < 1.29 is 237 Å². The van der Waals surface area contributed by atoms with Crippen molar-refractivity contribution >= 4 is 142 Å². The van der Waals surface area contributed by atoms with Crippen LogP contribution in [0.3, 0.4) is 0 Å². The van der Waals surface area contributed by atoms with E-state index < -0.39 is 345 Å². The van der Waals surface area contributed by atoms with Gasteiger partial charge in [0.1, 0.15) is 146 Å². The van der Waals surface area contributed by atoms with Gasteiger partial charge in [0.25, 0.3) is 0 Å². The summed E-state index contributed by atoms with van der Waals surface area (Å²) in [6, 6.07) is 0. The summed E-state index contributed by atoms with van der Waals surface area (Å²) in [7, 11) is 0. The number of rotatable bonds is 40. The van der Waals surface area contributed by atoms with Crippen LogP contribution in [0.15, 0.2) is 0 Å². The highest BCUT2D eigenvalue weighted by atomic mass is 32.2. The van der Waals surface area contributed by atoms with E-state index in [9.17, 15) is 161 Å². The Hall–Kier alpha value is -2.72. The van der Waals surface area contributed by atoms with E-state index in [2.05, 4.69) is 0 Å². The number of ether oxygens (including phenoxy) is 16. The van der Waals surface area contributed by atoms with Gasteiger partial charge in [-0.05, 0) is 0 Å². The molecule has 30 aliphatic heterocycles. The summed E-state index contributed by atoms with van der Waals surface area (Å²) in [4.78, 5) is 94.3. The second kappa shape index (κ2) is 52.7. The molecule has 30 aliphatic rings. The second-order valence-corrected chi connectivity index (χ2v) is 39.9. The van der Waals surface area contributed by atoms with Gasteiger partial charge in [-0.15, -0.1) is 0 Å². The Morgan fingerprint density at radius 3 is 0.336 bits per heavy atom. The van der Waals surface area contributed by atoms with Crippen molar-refractivity contribution in [2.45, 2.75) is 297 Å². The number of carboxylic acids is 8. The highest BCUT2D eigenvalue weighted by Gasteiger charge is 2.61. The van der Waals surface area contributed by atoms with Gasteiger partial charge in [0, 0.05) is 92.0 Å². The summed E-state index contributed by atoms with van der Waals surface area (Å²) in [5, 5.41) is 272. The lowest BCUT2D eigenvalue weighted by molar-refractivity contribution is -0.396. The summed E-state index contributed by atoms with van der Waals surface area (Å²) in [6.45, 7) is 0. The van der Waals surface area contributed by atoms with Crippen LogP contribution >= 0.6 is 94.1 Å². The quantitative estimate of drug-likeness (QED) is 0.0253. The Bertz CT molecular complexity index is 2830. The number of thioether (sulfide) groups is 8. The van der Waals surface area contributed by atoms with Crippen LogP contribution in [-0.4, -0.2) is 508 Å². The molecule has 30 fully saturated rings. The minimum atomic E-state index is -2.33. The summed E-state index contributed by atoms with van der Waals surface area (Å²) in [5.74, 6) is -14.4. The summed E-state index contributed by atoms with van der Waals surface area (Å²) >= 11 is 7.04. The summed E-state index contributed by atoms with van der Waals surface area (Å²) in [5.41, 5.74) is 0. The molecule has 0 aromatic carbocycles. The average Bonchev–Trinajstić information content (AvgIpc) is 0.770. The monoisotopic (exact) mass is 2000 g/mol. The molecule has 0 radical (unpaired) electrons. The number of hydrogen-bond acceptors (Lipinski definition) is 48. The molecule has 0 aromatic heterocycles.